The maximum absolute atomic E-state index is 5.62. The van der Waals surface area contributed by atoms with E-state index < -0.39 is 0 Å². The van der Waals surface area contributed by atoms with Gasteiger partial charge in [0.25, 0.3) is 0 Å². The van der Waals surface area contributed by atoms with Gasteiger partial charge in [-0.05, 0) is 36.8 Å². The molecule has 1 aliphatic rings. The summed E-state index contributed by atoms with van der Waals surface area (Å²) < 4.78 is 7.69. The van der Waals surface area contributed by atoms with Gasteiger partial charge in [0.2, 0.25) is 0 Å². The number of ether oxygens (including phenoxy) is 1. The molecular formula is C21H22N6O. The molecule has 1 fully saturated rings. The Balaban J connectivity index is 1.78. The van der Waals surface area contributed by atoms with Crippen molar-refractivity contribution in [3.8, 4) is 22.5 Å². The van der Waals surface area contributed by atoms with E-state index in [1.54, 1.807) is 6.20 Å². The standard InChI is InChI=1S/C21H22N6O/c1-14-13-28-10-9-27(14)19-11-17(15-5-8-26(2)12-15)16-3-6-22-21(20(16)24-19)18-4-7-23-25-18/h3-8,11-12,14H,9-10,13H2,1-2H3,(H,23,25)/t14-/m1/s1. The molecule has 0 spiro atoms. The maximum Gasteiger partial charge on any atom is 0.130 e. The Morgan fingerprint density at radius 3 is 2.89 bits per heavy atom. The summed E-state index contributed by atoms with van der Waals surface area (Å²) in [7, 11) is 2.04. The number of H-pyrrole nitrogens is 1. The lowest BCUT2D eigenvalue weighted by Crippen LogP contribution is -2.44. The van der Waals surface area contributed by atoms with Gasteiger partial charge < -0.3 is 14.2 Å². The van der Waals surface area contributed by atoms with Gasteiger partial charge in [-0.3, -0.25) is 10.1 Å². The van der Waals surface area contributed by atoms with Crippen molar-refractivity contribution in [2.75, 3.05) is 24.7 Å². The molecule has 4 aromatic heterocycles. The zero-order valence-corrected chi connectivity index (χ0v) is 16.0. The van der Waals surface area contributed by atoms with E-state index in [-0.39, 0.29) is 6.04 Å². The maximum atomic E-state index is 5.62. The molecule has 0 radical (unpaired) electrons. The van der Waals surface area contributed by atoms with Crippen LogP contribution in [0.1, 0.15) is 6.92 Å². The fourth-order valence-corrected chi connectivity index (χ4v) is 3.84. The van der Waals surface area contributed by atoms with E-state index in [1.807, 2.05) is 25.4 Å². The first kappa shape index (κ1) is 16.9. The largest absolute Gasteiger partial charge is 0.377 e. The highest BCUT2D eigenvalue weighted by molar-refractivity contribution is 6.01. The van der Waals surface area contributed by atoms with Gasteiger partial charge in [0, 0.05) is 49.3 Å². The minimum atomic E-state index is 0.273. The van der Waals surface area contributed by atoms with Gasteiger partial charge in [-0.1, -0.05) is 0 Å². The Morgan fingerprint density at radius 2 is 2.14 bits per heavy atom. The van der Waals surface area contributed by atoms with Crippen LogP contribution in [0.4, 0.5) is 5.82 Å². The summed E-state index contributed by atoms with van der Waals surface area (Å²) in [6.07, 6.45) is 7.78. The van der Waals surface area contributed by atoms with Crippen molar-refractivity contribution in [1.82, 2.24) is 24.7 Å². The molecule has 7 heteroatoms. The zero-order valence-electron chi connectivity index (χ0n) is 16.0. The van der Waals surface area contributed by atoms with Crippen molar-refractivity contribution in [1.29, 1.82) is 0 Å². The highest BCUT2D eigenvalue weighted by Crippen LogP contribution is 2.35. The number of fused-ring (bicyclic) bond motifs is 1. The third kappa shape index (κ3) is 2.84. The molecule has 1 N–H and O–H groups in total. The van der Waals surface area contributed by atoms with E-state index in [0.29, 0.717) is 13.2 Å². The third-order valence-electron chi connectivity index (χ3n) is 5.27. The van der Waals surface area contributed by atoms with Crippen LogP contribution in [0.3, 0.4) is 0 Å². The average molecular weight is 374 g/mol. The lowest BCUT2D eigenvalue weighted by Gasteiger charge is -2.34. The van der Waals surface area contributed by atoms with Crippen LogP contribution >= 0.6 is 0 Å². The summed E-state index contributed by atoms with van der Waals surface area (Å²) in [5.41, 5.74) is 4.88. The molecule has 0 unspecified atom stereocenters. The van der Waals surface area contributed by atoms with E-state index in [4.69, 9.17) is 9.72 Å². The third-order valence-corrected chi connectivity index (χ3v) is 5.27. The van der Waals surface area contributed by atoms with Crippen LogP contribution in [0.2, 0.25) is 0 Å². The Hall–Kier alpha value is -3.19. The molecule has 1 aliphatic heterocycles. The van der Waals surface area contributed by atoms with E-state index in [9.17, 15) is 0 Å². The quantitative estimate of drug-likeness (QED) is 0.596. The molecule has 1 saturated heterocycles. The number of rotatable bonds is 3. The molecular weight excluding hydrogens is 352 g/mol. The number of nitrogens with one attached hydrogen (secondary N) is 1. The molecule has 5 rings (SSSR count). The SMILES string of the molecule is C[C@@H]1COCCN1c1cc(-c2ccn(C)c2)c2ccnc(-c3ccn[nH]3)c2n1. The minimum Gasteiger partial charge on any atom is -0.377 e. The molecule has 0 aliphatic carbocycles. The number of hydrogen-bond acceptors (Lipinski definition) is 5. The summed E-state index contributed by atoms with van der Waals surface area (Å²) in [6.45, 7) is 4.42. The van der Waals surface area contributed by atoms with Crippen LogP contribution in [-0.2, 0) is 11.8 Å². The lowest BCUT2D eigenvalue weighted by molar-refractivity contribution is 0.0986. The second kappa shape index (κ2) is 6.76. The van der Waals surface area contributed by atoms with Crippen molar-refractivity contribution in [3.05, 3.63) is 49.1 Å². The lowest BCUT2D eigenvalue weighted by atomic mass is 10.0. The molecule has 28 heavy (non-hydrogen) atoms. The number of aromatic amines is 1. The van der Waals surface area contributed by atoms with Gasteiger partial charge >= 0.3 is 0 Å². The van der Waals surface area contributed by atoms with Crippen LogP contribution in [0, 0.1) is 0 Å². The van der Waals surface area contributed by atoms with Gasteiger partial charge in [-0.2, -0.15) is 5.10 Å². The number of nitrogens with zero attached hydrogens (tertiary/aromatic N) is 5. The van der Waals surface area contributed by atoms with Crippen LogP contribution < -0.4 is 4.90 Å². The fraction of sp³-hybridized carbons (Fsp3) is 0.286. The molecule has 0 amide bonds. The molecule has 0 aromatic carbocycles. The number of aryl methyl sites for hydroxylation is 1. The highest BCUT2D eigenvalue weighted by atomic mass is 16.5. The van der Waals surface area contributed by atoms with Crippen molar-refractivity contribution in [3.63, 3.8) is 0 Å². The van der Waals surface area contributed by atoms with E-state index >= 15 is 0 Å². The first-order chi connectivity index (χ1) is 13.7. The second-order valence-corrected chi connectivity index (χ2v) is 7.24. The van der Waals surface area contributed by atoms with E-state index in [0.717, 1.165) is 40.2 Å². The first-order valence-corrected chi connectivity index (χ1v) is 9.47. The zero-order chi connectivity index (χ0) is 19.1. The summed E-state index contributed by atoms with van der Waals surface area (Å²) in [5.74, 6) is 0.955. The second-order valence-electron chi connectivity index (χ2n) is 7.24. The predicted molar refractivity (Wildman–Crippen MR) is 109 cm³/mol. The van der Waals surface area contributed by atoms with Crippen LogP contribution in [-0.4, -0.2) is 50.5 Å². The van der Waals surface area contributed by atoms with E-state index in [2.05, 4.69) is 56.1 Å². The Bertz CT molecular complexity index is 1120. The Morgan fingerprint density at radius 1 is 1.21 bits per heavy atom. The van der Waals surface area contributed by atoms with Gasteiger partial charge in [0.1, 0.15) is 17.0 Å². The smallest absolute Gasteiger partial charge is 0.130 e. The van der Waals surface area contributed by atoms with Crippen molar-refractivity contribution in [2.24, 2.45) is 7.05 Å². The molecule has 0 saturated carbocycles. The van der Waals surface area contributed by atoms with Crippen molar-refractivity contribution >= 4 is 16.7 Å². The van der Waals surface area contributed by atoms with Crippen molar-refractivity contribution in [2.45, 2.75) is 13.0 Å². The van der Waals surface area contributed by atoms with Crippen molar-refractivity contribution < 1.29 is 4.74 Å². The number of anilines is 1. The molecule has 5 heterocycles. The average Bonchev–Trinajstić information content (AvgIpc) is 3.39. The minimum absolute atomic E-state index is 0.273. The summed E-state index contributed by atoms with van der Waals surface area (Å²) in [6, 6.07) is 8.56. The first-order valence-electron chi connectivity index (χ1n) is 9.47. The summed E-state index contributed by atoms with van der Waals surface area (Å²) in [4.78, 5) is 12.0. The van der Waals surface area contributed by atoms with Crippen LogP contribution in [0.5, 0.6) is 0 Å². The van der Waals surface area contributed by atoms with Gasteiger partial charge in [0.15, 0.2) is 0 Å². The molecule has 0 bridgehead atoms. The van der Waals surface area contributed by atoms with Gasteiger partial charge in [0.05, 0.1) is 24.9 Å². The number of pyridine rings is 2. The fourth-order valence-electron chi connectivity index (χ4n) is 3.84. The summed E-state index contributed by atoms with van der Waals surface area (Å²) in [5, 5.41) is 8.20. The van der Waals surface area contributed by atoms with Gasteiger partial charge in [-0.15, -0.1) is 0 Å². The normalized spacial score (nSPS) is 17.4. The molecule has 7 nitrogen and oxygen atoms in total. The predicted octanol–water partition coefficient (Wildman–Crippen LogP) is 3.25. The highest BCUT2D eigenvalue weighted by Gasteiger charge is 2.23. The van der Waals surface area contributed by atoms with Crippen LogP contribution in [0.25, 0.3) is 33.4 Å². The number of aromatic nitrogens is 5. The van der Waals surface area contributed by atoms with Crippen LogP contribution in [0.15, 0.2) is 49.1 Å². The monoisotopic (exact) mass is 374 g/mol. The number of morpholine rings is 1. The molecule has 4 aromatic rings. The van der Waals surface area contributed by atoms with Gasteiger partial charge in [-0.25, -0.2) is 4.98 Å². The topological polar surface area (TPSA) is 71.9 Å². The Labute approximate surface area is 163 Å². The summed E-state index contributed by atoms with van der Waals surface area (Å²) >= 11 is 0. The molecule has 142 valence electrons. The number of hydrogen-bond donors (Lipinski definition) is 1. The van der Waals surface area contributed by atoms with E-state index in [1.165, 1.54) is 5.56 Å². The Kier molecular flexibility index (Phi) is 4.09. The molecule has 1 atom stereocenters.